The fourth-order valence-electron chi connectivity index (χ4n) is 3.12. The van der Waals surface area contributed by atoms with Crippen molar-refractivity contribution in [3.8, 4) is 0 Å². The highest BCUT2D eigenvalue weighted by molar-refractivity contribution is 5.58. The number of likely N-dealkylation sites (tertiary alicyclic amines) is 1. The Morgan fingerprint density at radius 3 is 2.42 bits per heavy atom. The number of hydrogen-bond donors (Lipinski definition) is 1. The first-order chi connectivity index (χ1) is 8.93. The number of benzene rings is 1. The van der Waals surface area contributed by atoms with Crippen LogP contribution in [0.4, 0.5) is 5.69 Å². The molecule has 1 aromatic carbocycles. The number of aryl methyl sites for hydroxylation is 2. The van der Waals surface area contributed by atoms with Gasteiger partial charge in [-0.2, -0.15) is 0 Å². The van der Waals surface area contributed by atoms with Crippen molar-refractivity contribution in [3.63, 3.8) is 0 Å². The lowest BCUT2D eigenvalue weighted by Gasteiger charge is -2.27. The Labute approximate surface area is 117 Å². The Balaban J connectivity index is 2.41. The van der Waals surface area contributed by atoms with Crippen molar-refractivity contribution in [1.82, 2.24) is 4.90 Å². The first-order valence-corrected chi connectivity index (χ1v) is 7.12. The van der Waals surface area contributed by atoms with E-state index in [4.69, 9.17) is 5.73 Å². The summed E-state index contributed by atoms with van der Waals surface area (Å²) >= 11 is 0. The van der Waals surface area contributed by atoms with Crippen molar-refractivity contribution >= 4 is 5.69 Å². The van der Waals surface area contributed by atoms with E-state index in [2.05, 4.69) is 56.9 Å². The fraction of sp³-hybridized carbons (Fsp3) is 0.625. The van der Waals surface area contributed by atoms with Crippen molar-refractivity contribution in [2.75, 3.05) is 39.1 Å². The molecule has 3 heteroatoms. The molecule has 2 N–H and O–H groups in total. The van der Waals surface area contributed by atoms with Gasteiger partial charge in [0.2, 0.25) is 0 Å². The van der Waals surface area contributed by atoms with E-state index in [1.165, 1.54) is 28.8 Å². The van der Waals surface area contributed by atoms with Crippen LogP contribution in [0.2, 0.25) is 0 Å². The lowest BCUT2D eigenvalue weighted by atomic mass is 9.94. The zero-order chi connectivity index (χ0) is 14.2. The Morgan fingerprint density at radius 2 is 1.89 bits per heavy atom. The van der Waals surface area contributed by atoms with Crippen molar-refractivity contribution in [1.29, 1.82) is 0 Å². The predicted octanol–water partition coefficient (Wildman–Crippen LogP) is 2.32. The third-order valence-corrected chi connectivity index (χ3v) is 4.45. The average Bonchev–Trinajstić information content (AvgIpc) is 2.73. The molecule has 0 amide bonds. The third-order valence-electron chi connectivity index (χ3n) is 4.45. The molecule has 1 heterocycles. The van der Waals surface area contributed by atoms with Crippen LogP contribution >= 0.6 is 0 Å². The van der Waals surface area contributed by atoms with Gasteiger partial charge in [-0.15, -0.1) is 0 Å². The molecule has 0 spiro atoms. The molecule has 3 nitrogen and oxygen atoms in total. The van der Waals surface area contributed by atoms with Gasteiger partial charge in [0.05, 0.1) is 0 Å². The molecule has 19 heavy (non-hydrogen) atoms. The number of nitrogens with two attached hydrogens (primary N) is 1. The predicted molar refractivity (Wildman–Crippen MR) is 82.8 cm³/mol. The molecule has 0 bridgehead atoms. The van der Waals surface area contributed by atoms with Crippen LogP contribution in [0.25, 0.3) is 0 Å². The number of hydrogen-bond acceptors (Lipinski definition) is 3. The topological polar surface area (TPSA) is 32.5 Å². The summed E-state index contributed by atoms with van der Waals surface area (Å²) < 4.78 is 0. The molecule has 0 saturated carbocycles. The highest BCUT2D eigenvalue weighted by Gasteiger charge is 2.31. The quantitative estimate of drug-likeness (QED) is 0.906. The maximum atomic E-state index is 5.85. The lowest BCUT2D eigenvalue weighted by molar-refractivity contribution is 0.314. The monoisotopic (exact) mass is 261 g/mol. The van der Waals surface area contributed by atoms with E-state index in [-0.39, 0.29) is 0 Å². The van der Waals surface area contributed by atoms with E-state index in [1.807, 2.05) is 0 Å². The molecule has 2 rings (SSSR count). The second kappa shape index (κ2) is 5.51. The lowest BCUT2D eigenvalue weighted by Crippen LogP contribution is -2.22. The molecule has 106 valence electrons. The molecular weight excluding hydrogens is 234 g/mol. The summed E-state index contributed by atoms with van der Waals surface area (Å²) in [6.45, 7) is 6.30. The van der Waals surface area contributed by atoms with Gasteiger partial charge >= 0.3 is 0 Å². The summed E-state index contributed by atoms with van der Waals surface area (Å²) in [7, 11) is 6.47. The molecular formula is C16H27N3. The Bertz CT molecular complexity index is 454. The zero-order valence-electron chi connectivity index (χ0n) is 12.9. The molecule has 0 radical (unpaired) electrons. The van der Waals surface area contributed by atoms with Gasteiger partial charge in [0.25, 0.3) is 0 Å². The van der Waals surface area contributed by atoms with Crippen molar-refractivity contribution < 1.29 is 0 Å². The zero-order valence-corrected chi connectivity index (χ0v) is 12.9. The van der Waals surface area contributed by atoms with Gasteiger partial charge < -0.3 is 10.6 Å². The van der Waals surface area contributed by atoms with Crippen LogP contribution in [-0.4, -0.2) is 39.1 Å². The van der Waals surface area contributed by atoms with Crippen molar-refractivity contribution in [2.45, 2.75) is 26.3 Å². The summed E-state index contributed by atoms with van der Waals surface area (Å²) in [5.41, 5.74) is 11.4. The van der Waals surface area contributed by atoms with Gasteiger partial charge in [0.1, 0.15) is 0 Å². The molecule has 1 saturated heterocycles. The van der Waals surface area contributed by atoms with Crippen LogP contribution < -0.4 is 10.6 Å². The maximum absolute atomic E-state index is 5.85. The van der Waals surface area contributed by atoms with E-state index in [0.29, 0.717) is 12.0 Å². The van der Waals surface area contributed by atoms with Crippen LogP contribution in [-0.2, 0) is 0 Å². The van der Waals surface area contributed by atoms with Gasteiger partial charge in [-0.05, 0) is 62.5 Å². The Morgan fingerprint density at radius 1 is 1.26 bits per heavy atom. The van der Waals surface area contributed by atoms with Crippen molar-refractivity contribution in [2.24, 2.45) is 11.7 Å². The summed E-state index contributed by atoms with van der Waals surface area (Å²) in [5.74, 6) is 0.631. The SMILES string of the molecule is Cc1cc(C2CC(CN)CN2C)c(N(C)C)cc1C. The maximum Gasteiger partial charge on any atom is 0.0412 e. The molecule has 2 unspecified atom stereocenters. The van der Waals surface area contributed by atoms with Gasteiger partial charge in [0.15, 0.2) is 0 Å². The van der Waals surface area contributed by atoms with E-state index in [0.717, 1.165) is 13.1 Å². The summed E-state index contributed by atoms with van der Waals surface area (Å²) in [6, 6.07) is 5.18. The summed E-state index contributed by atoms with van der Waals surface area (Å²) in [4.78, 5) is 4.68. The smallest absolute Gasteiger partial charge is 0.0412 e. The number of anilines is 1. The second-order valence-corrected chi connectivity index (χ2v) is 6.18. The molecule has 1 aromatic rings. The molecule has 1 aliphatic rings. The average molecular weight is 261 g/mol. The van der Waals surface area contributed by atoms with Crippen LogP contribution in [0.15, 0.2) is 12.1 Å². The Hall–Kier alpha value is -1.06. The standard InChI is InChI=1S/C16H27N3/c1-11-6-14(15(18(3)4)7-12(11)2)16-8-13(9-17)10-19(16)5/h6-7,13,16H,8-10,17H2,1-5H3. The van der Waals surface area contributed by atoms with Crippen LogP contribution in [0.1, 0.15) is 29.2 Å². The highest BCUT2D eigenvalue weighted by Crippen LogP contribution is 2.39. The molecule has 1 aliphatic heterocycles. The largest absolute Gasteiger partial charge is 0.377 e. The van der Waals surface area contributed by atoms with Gasteiger partial charge in [-0.1, -0.05) is 6.07 Å². The van der Waals surface area contributed by atoms with Crippen LogP contribution in [0.5, 0.6) is 0 Å². The van der Waals surface area contributed by atoms with Crippen LogP contribution in [0.3, 0.4) is 0 Å². The highest BCUT2D eigenvalue weighted by atomic mass is 15.2. The minimum absolute atomic E-state index is 0.505. The molecule has 1 fully saturated rings. The second-order valence-electron chi connectivity index (χ2n) is 6.18. The minimum atomic E-state index is 0.505. The summed E-state index contributed by atoms with van der Waals surface area (Å²) in [6.07, 6.45) is 1.18. The fourth-order valence-corrected chi connectivity index (χ4v) is 3.12. The van der Waals surface area contributed by atoms with Crippen LogP contribution in [0, 0.1) is 19.8 Å². The van der Waals surface area contributed by atoms with E-state index in [9.17, 15) is 0 Å². The van der Waals surface area contributed by atoms with E-state index < -0.39 is 0 Å². The number of nitrogens with zero attached hydrogens (tertiary/aromatic N) is 2. The first-order valence-electron chi connectivity index (χ1n) is 7.12. The van der Waals surface area contributed by atoms with E-state index in [1.54, 1.807) is 0 Å². The third kappa shape index (κ3) is 2.77. The molecule has 0 aromatic heterocycles. The van der Waals surface area contributed by atoms with Gasteiger partial charge in [0, 0.05) is 32.4 Å². The van der Waals surface area contributed by atoms with Gasteiger partial charge in [-0.25, -0.2) is 0 Å². The van der Waals surface area contributed by atoms with Gasteiger partial charge in [-0.3, -0.25) is 4.90 Å². The minimum Gasteiger partial charge on any atom is -0.377 e. The molecule has 2 atom stereocenters. The number of rotatable bonds is 3. The van der Waals surface area contributed by atoms with E-state index >= 15 is 0 Å². The normalized spacial score (nSPS) is 23.9. The summed E-state index contributed by atoms with van der Waals surface area (Å²) in [5, 5.41) is 0. The molecule has 0 aliphatic carbocycles. The Kier molecular flexibility index (Phi) is 4.16. The first kappa shape index (κ1) is 14.4. The van der Waals surface area contributed by atoms with Crippen molar-refractivity contribution in [3.05, 3.63) is 28.8 Å².